The van der Waals surface area contributed by atoms with Gasteiger partial charge < -0.3 is 5.32 Å². The van der Waals surface area contributed by atoms with Gasteiger partial charge in [-0.1, -0.05) is 47.5 Å². The number of anilines is 1. The van der Waals surface area contributed by atoms with E-state index < -0.39 is 0 Å². The quantitative estimate of drug-likeness (QED) is 0.705. The Labute approximate surface area is 143 Å². The van der Waals surface area contributed by atoms with Gasteiger partial charge in [-0.25, -0.2) is 0 Å². The summed E-state index contributed by atoms with van der Waals surface area (Å²) < 4.78 is 0. The van der Waals surface area contributed by atoms with Crippen LogP contribution in [0.3, 0.4) is 0 Å². The zero-order chi connectivity index (χ0) is 16.4. The molecule has 0 aliphatic heterocycles. The summed E-state index contributed by atoms with van der Waals surface area (Å²) in [7, 11) is 0. The number of aromatic nitrogens is 2. The van der Waals surface area contributed by atoms with Crippen LogP contribution >= 0.6 is 23.2 Å². The van der Waals surface area contributed by atoms with Gasteiger partial charge in [0.2, 0.25) is 0 Å². The largest absolute Gasteiger partial charge is 0.318 e. The minimum Gasteiger partial charge on any atom is -0.318 e. The second-order valence-electron chi connectivity index (χ2n) is 5.01. The van der Waals surface area contributed by atoms with Gasteiger partial charge in [-0.3, -0.25) is 9.89 Å². The normalized spacial score (nSPS) is 10.6. The van der Waals surface area contributed by atoms with E-state index in [2.05, 4.69) is 15.5 Å². The number of aromatic amines is 1. The molecule has 1 aromatic heterocycles. The number of carbonyl (C=O) groups is 1. The third kappa shape index (κ3) is 3.23. The van der Waals surface area contributed by atoms with Gasteiger partial charge >= 0.3 is 0 Å². The molecule has 2 aromatic carbocycles. The zero-order valence-electron chi connectivity index (χ0n) is 12.2. The van der Waals surface area contributed by atoms with Crippen LogP contribution in [0.15, 0.2) is 48.5 Å². The number of aryl methyl sites for hydroxylation is 1. The number of carbonyl (C=O) groups excluding carboxylic acids is 1. The Hall–Kier alpha value is -2.30. The van der Waals surface area contributed by atoms with Crippen molar-refractivity contribution in [3.05, 3.63) is 69.8 Å². The highest BCUT2D eigenvalue weighted by Gasteiger charge is 2.17. The molecule has 0 aliphatic rings. The molecule has 3 aromatic rings. The molecule has 0 saturated heterocycles. The van der Waals surface area contributed by atoms with E-state index in [0.717, 1.165) is 11.3 Å². The molecule has 1 amide bonds. The molecule has 0 bridgehead atoms. The van der Waals surface area contributed by atoms with Crippen LogP contribution in [-0.4, -0.2) is 16.1 Å². The highest BCUT2D eigenvalue weighted by atomic mass is 35.5. The number of amides is 1. The summed E-state index contributed by atoms with van der Waals surface area (Å²) in [5.41, 5.74) is 3.30. The molecule has 0 aliphatic carbocycles. The Balaban J connectivity index is 1.95. The van der Waals surface area contributed by atoms with Crippen LogP contribution in [-0.2, 0) is 0 Å². The summed E-state index contributed by atoms with van der Waals surface area (Å²) in [6, 6.07) is 14.2. The lowest BCUT2D eigenvalue weighted by Crippen LogP contribution is -2.13. The topological polar surface area (TPSA) is 57.8 Å². The predicted octanol–water partition coefficient (Wildman–Crippen LogP) is 4.94. The minimum absolute atomic E-state index is 0.282. The summed E-state index contributed by atoms with van der Waals surface area (Å²) in [4.78, 5) is 12.5. The van der Waals surface area contributed by atoms with Crippen molar-refractivity contribution in [2.75, 3.05) is 5.32 Å². The van der Waals surface area contributed by atoms with Crippen molar-refractivity contribution in [1.82, 2.24) is 10.2 Å². The molecule has 23 heavy (non-hydrogen) atoms. The predicted molar refractivity (Wildman–Crippen MR) is 93.2 cm³/mol. The first kappa shape index (κ1) is 15.6. The van der Waals surface area contributed by atoms with E-state index >= 15 is 0 Å². The third-order valence-electron chi connectivity index (χ3n) is 3.42. The number of nitrogens with zero attached hydrogens (tertiary/aromatic N) is 1. The molecule has 0 saturated carbocycles. The summed E-state index contributed by atoms with van der Waals surface area (Å²) in [5.74, 6) is -0.282. The Morgan fingerprint density at radius 3 is 2.48 bits per heavy atom. The van der Waals surface area contributed by atoms with Crippen LogP contribution in [0.4, 0.5) is 5.69 Å². The molecule has 6 heteroatoms. The van der Waals surface area contributed by atoms with E-state index in [9.17, 15) is 4.79 Å². The van der Waals surface area contributed by atoms with Crippen LogP contribution in [0.2, 0.25) is 10.0 Å². The van der Waals surface area contributed by atoms with Gasteiger partial charge in [0.05, 0.1) is 22.0 Å². The van der Waals surface area contributed by atoms with Crippen molar-refractivity contribution >= 4 is 34.8 Å². The van der Waals surface area contributed by atoms with Crippen molar-refractivity contribution in [1.29, 1.82) is 0 Å². The lowest BCUT2D eigenvalue weighted by molar-refractivity contribution is 0.102. The average Bonchev–Trinajstić information content (AvgIpc) is 2.89. The molecule has 3 rings (SSSR count). The van der Waals surface area contributed by atoms with E-state index in [-0.39, 0.29) is 5.91 Å². The zero-order valence-corrected chi connectivity index (χ0v) is 13.7. The molecule has 0 fully saturated rings. The Morgan fingerprint density at radius 2 is 1.78 bits per heavy atom. The molecule has 4 nitrogen and oxygen atoms in total. The van der Waals surface area contributed by atoms with Gasteiger partial charge in [0, 0.05) is 10.6 Å². The maximum Gasteiger partial charge on any atom is 0.257 e. The highest BCUT2D eigenvalue weighted by Crippen LogP contribution is 2.30. The summed E-state index contributed by atoms with van der Waals surface area (Å²) in [5, 5.41) is 11.1. The molecule has 2 N–H and O–H groups in total. The minimum atomic E-state index is -0.282. The first-order valence-corrected chi connectivity index (χ1v) is 7.68. The van der Waals surface area contributed by atoms with Crippen molar-refractivity contribution in [2.45, 2.75) is 6.92 Å². The molecule has 1 heterocycles. The van der Waals surface area contributed by atoms with Gasteiger partial charge in [0.15, 0.2) is 0 Å². The first-order valence-electron chi connectivity index (χ1n) is 6.93. The number of nitrogens with one attached hydrogen (secondary N) is 2. The van der Waals surface area contributed by atoms with E-state index in [0.29, 0.717) is 27.0 Å². The third-order valence-corrected chi connectivity index (χ3v) is 4.00. The Kier molecular flexibility index (Phi) is 4.37. The van der Waals surface area contributed by atoms with E-state index in [1.165, 1.54) is 0 Å². The molecular weight excluding hydrogens is 333 g/mol. The molecule has 116 valence electrons. The van der Waals surface area contributed by atoms with Crippen LogP contribution in [0.1, 0.15) is 16.1 Å². The van der Waals surface area contributed by atoms with Gasteiger partial charge in [-0.05, 0) is 31.2 Å². The molecule has 0 atom stereocenters. The summed E-state index contributed by atoms with van der Waals surface area (Å²) in [6.45, 7) is 1.84. The fraction of sp³-hybridized carbons (Fsp3) is 0.0588. The summed E-state index contributed by atoms with van der Waals surface area (Å²) >= 11 is 12.0. The fourth-order valence-electron chi connectivity index (χ4n) is 2.22. The number of halogens is 2. The maximum atomic E-state index is 12.5. The molecular formula is C17H13Cl2N3O. The van der Waals surface area contributed by atoms with E-state index in [1.54, 1.807) is 36.4 Å². The van der Waals surface area contributed by atoms with Gasteiger partial charge in [-0.15, -0.1) is 0 Å². The second-order valence-corrected chi connectivity index (χ2v) is 5.86. The smallest absolute Gasteiger partial charge is 0.257 e. The first-order chi connectivity index (χ1) is 11.1. The lowest BCUT2D eigenvalue weighted by Gasteiger charge is -2.08. The van der Waals surface area contributed by atoms with Crippen LogP contribution in [0.5, 0.6) is 0 Å². The lowest BCUT2D eigenvalue weighted by atomic mass is 10.1. The monoisotopic (exact) mass is 345 g/mol. The number of H-pyrrole nitrogens is 1. The van der Waals surface area contributed by atoms with Crippen molar-refractivity contribution in [3.63, 3.8) is 0 Å². The molecule has 0 spiro atoms. The second kappa shape index (κ2) is 6.44. The van der Waals surface area contributed by atoms with Crippen LogP contribution < -0.4 is 5.32 Å². The van der Waals surface area contributed by atoms with Gasteiger partial charge in [0.1, 0.15) is 5.69 Å². The maximum absolute atomic E-state index is 12.5. The standard InChI is InChI=1S/C17H13Cl2N3O/c1-10-15(20-17(23)13-4-2-3-5-14(13)19)16(22-21-10)11-6-8-12(18)9-7-11/h2-9H,1H3,(H,20,23)(H,21,22). The Morgan fingerprint density at radius 1 is 1.09 bits per heavy atom. The van der Waals surface area contributed by atoms with Gasteiger partial charge in [0.25, 0.3) is 5.91 Å². The average molecular weight is 346 g/mol. The highest BCUT2D eigenvalue weighted by molar-refractivity contribution is 6.34. The summed E-state index contributed by atoms with van der Waals surface area (Å²) in [6.07, 6.45) is 0. The van der Waals surface area contributed by atoms with Crippen LogP contribution in [0.25, 0.3) is 11.3 Å². The number of rotatable bonds is 3. The molecule has 0 radical (unpaired) electrons. The van der Waals surface area contributed by atoms with Crippen molar-refractivity contribution < 1.29 is 4.79 Å². The Bertz CT molecular complexity index is 857. The fourth-order valence-corrected chi connectivity index (χ4v) is 2.57. The van der Waals surface area contributed by atoms with E-state index in [4.69, 9.17) is 23.2 Å². The number of benzene rings is 2. The van der Waals surface area contributed by atoms with Crippen LogP contribution in [0, 0.1) is 6.92 Å². The van der Waals surface area contributed by atoms with Crippen molar-refractivity contribution in [3.8, 4) is 11.3 Å². The van der Waals surface area contributed by atoms with Crippen molar-refractivity contribution in [2.24, 2.45) is 0 Å². The number of hydrogen-bond acceptors (Lipinski definition) is 2. The number of hydrogen-bond donors (Lipinski definition) is 2. The van der Waals surface area contributed by atoms with Gasteiger partial charge in [-0.2, -0.15) is 5.10 Å². The van der Waals surface area contributed by atoms with E-state index in [1.807, 2.05) is 19.1 Å². The SMILES string of the molecule is Cc1[nH]nc(-c2ccc(Cl)cc2)c1NC(=O)c1ccccc1Cl. The molecule has 0 unspecified atom stereocenters.